The number of hydrogen-bond acceptors (Lipinski definition) is 2. The number of fused-ring (bicyclic) bond motifs is 1. The van der Waals surface area contributed by atoms with E-state index in [1.807, 2.05) is 6.07 Å². The topological polar surface area (TPSA) is 52.7 Å². The van der Waals surface area contributed by atoms with Crippen molar-refractivity contribution >= 4 is 11.9 Å². The van der Waals surface area contributed by atoms with E-state index in [0.717, 1.165) is 18.4 Å². The molecule has 3 amide bonds. The summed E-state index contributed by atoms with van der Waals surface area (Å²) in [6.07, 6.45) is 2.12. The molecule has 3 fully saturated rings. The van der Waals surface area contributed by atoms with Gasteiger partial charge in [0.15, 0.2) is 0 Å². The first-order valence-corrected chi connectivity index (χ1v) is 8.19. The first kappa shape index (κ1) is 14.5. The Morgan fingerprint density at radius 2 is 2.09 bits per heavy atom. The summed E-state index contributed by atoms with van der Waals surface area (Å²) in [6.45, 7) is 2.22. The molecule has 1 aliphatic carbocycles. The molecule has 5 nitrogen and oxygen atoms in total. The molecular formula is C17H20FN3O2. The van der Waals surface area contributed by atoms with E-state index in [0.29, 0.717) is 32.2 Å². The highest BCUT2D eigenvalue weighted by molar-refractivity contribution is 5.84. The molecule has 3 aliphatic rings. The van der Waals surface area contributed by atoms with E-state index in [1.165, 1.54) is 12.1 Å². The van der Waals surface area contributed by atoms with Crippen LogP contribution in [0.2, 0.25) is 0 Å². The first-order chi connectivity index (χ1) is 11.1. The minimum absolute atomic E-state index is 0.0358. The third kappa shape index (κ3) is 2.90. The van der Waals surface area contributed by atoms with Crippen molar-refractivity contribution in [2.45, 2.75) is 25.4 Å². The van der Waals surface area contributed by atoms with Gasteiger partial charge in [-0.15, -0.1) is 0 Å². The molecule has 2 aliphatic heterocycles. The van der Waals surface area contributed by atoms with Gasteiger partial charge in [-0.3, -0.25) is 4.79 Å². The van der Waals surface area contributed by atoms with Gasteiger partial charge in [0.25, 0.3) is 0 Å². The zero-order valence-electron chi connectivity index (χ0n) is 12.9. The normalized spacial score (nSPS) is 26.6. The van der Waals surface area contributed by atoms with Crippen molar-refractivity contribution in [1.29, 1.82) is 0 Å². The molecule has 0 unspecified atom stereocenters. The predicted octanol–water partition coefficient (Wildman–Crippen LogP) is 1.59. The van der Waals surface area contributed by atoms with Gasteiger partial charge in [-0.2, -0.15) is 0 Å². The second-order valence-electron chi connectivity index (χ2n) is 6.84. The minimum atomic E-state index is -0.280. The van der Waals surface area contributed by atoms with Crippen molar-refractivity contribution in [1.82, 2.24) is 15.1 Å². The van der Waals surface area contributed by atoms with Crippen LogP contribution in [0.25, 0.3) is 0 Å². The molecule has 1 saturated carbocycles. The Hall–Kier alpha value is -2.11. The monoisotopic (exact) mass is 317 g/mol. The lowest BCUT2D eigenvalue weighted by Crippen LogP contribution is -2.42. The maximum Gasteiger partial charge on any atom is 0.317 e. The van der Waals surface area contributed by atoms with E-state index in [-0.39, 0.29) is 29.6 Å². The molecule has 2 heterocycles. The number of halogens is 1. The van der Waals surface area contributed by atoms with Gasteiger partial charge in [-0.1, -0.05) is 12.1 Å². The van der Waals surface area contributed by atoms with Crippen molar-refractivity contribution < 1.29 is 14.0 Å². The highest BCUT2D eigenvalue weighted by atomic mass is 19.1. The summed E-state index contributed by atoms with van der Waals surface area (Å²) in [5.74, 6) is -0.104. The molecule has 0 radical (unpaired) electrons. The number of carbonyl (C=O) groups excluding carboxylic acids is 2. The summed E-state index contributed by atoms with van der Waals surface area (Å²) in [5.41, 5.74) is 0.807. The molecule has 2 saturated heterocycles. The summed E-state index contributed by atoms with van der Waals surface area (Å²) in [7, 11) is 0. The number of benzene rings is 1. The van der Waals surface area contributed by atoms with Crippen molar-refractivity contribution in [2.24, 2.45) is 11.8 Å². The van der Waals surface area contributed by atoms with Gasteiger partial charge >= 0.3 is 6.03 Å². The lowest BCUT2D eigenvalue weighted by atomic mass is 10.0. The SMILES string of the molecule is O=C(NC1CC1)N1C[C@H]2CN(Cc3cccc(F)c3)C(=O)[C@H]2C1. The Bertz CT molecular complexity index is 646. The van der Waals surface area contributed by atoms with E-state index in [4.69, 9.17) is 0 Å². The second kappa shape index (κ2) is 5.51. The number of amides is 3. The molecule has 1 N–H and O–H groups in total. The van der Waals surface area contributed by atoms with Crippen LogP contribution in [0.5, 0.6) is 0 Å². The zero-order valence-corrected chi connectivity index (χ0v) is 12.9. The number of carbonyl (C=O) groups is 2. The quantitative estimate of drug-likeness (QED) is 0.920. The van der Waals surface area contributed by atoms with E-state index >= 15 is 0 Å². The molecule has 0 aromatic heterocycles. The Balaban J connectivity index is 1.37. The summed E-state index contributed by atoms with van der Waals surface area (Å²) >= 11 is 0. The van der Waals surface area contributed by atoms with Crippen molar-refractivity contribution in [3.8, 4) is 0 Å². The summed E-state index contributed by atoms with van der Waals surface area (Å²) < 4.78 is 13.3. The van der Waals surface area contributed by atoms with Crippen molar-refractivity contribution in [3.05, 3.63) is 35.6 Å². The first-order valence-electron chi connectivity index (χ1n) is 8.19. The number of urea groups is 1. The number of nitrogens with one attached hydrogen (secondary N) is 1. The van der Waals surface area contributed by atoms with Gasteiger partial charge in [0.2, 0.25) is 5.91 Å². The minimum Gasteiger partial charge on any atom is -0.338 e. The molecule has 4 rings (SSSR count). The summed E-state index contributed by atoms with van der Waals surface area (Å²) in [6, 6.07) is 6.67. The van der Waals surface area contributed by atoms with Gasteiger partial charge in [0.05, 0.1) is 5.92 Å². The van der Waals surface area contributed by atoms with Crippen molar-refractivity contribution in [2.75, 3.05) is 19.6 Å². The summed E-state index contributed by atoms with van der Waals surface area (Å²) in [4.78, 5) is 28.2. The molecular weight excluding hydrogens is 297 g/mol. The van der Waals surface area contributed by atoms with Gasteiger partial charge in [0.1, 0.15) is 5.82 Å². The van der Waals surface area contributed by atoms with Crippen LogP contribution in [-0.2, 0) is 11.3 Å². The Morgan fingerprint density at radius 3 is 2.78 bits per heavy atom. The lowest BCUT2D eigenvalue weighted by Gasteiger charge is -2.22. The maximum absolute atomic E-state index is 13.3. The summed E-state index contributed by atoms with van der Waals surface area (Å²) in [5, 5.41) is 2.98. The Kier molecular flexibility index (Phi) is 3.47. The second-order valence-corrected chi connectivity index (χ2v) is 6.84. The van der Waals surface area contributed by atoms with Crippen molar-refractivity contribution in [3.63, 3.8) is 0 Å². The number of hydrogen-bond donors (Lipinski definition) is 1. The average molecular weight is 317 g/mol. The Morgan fingerprint density at radius 1 is 1.26 bits per heavy atom. The average Bonchev–Trinajstić information content (AvgIpc) is 3.15. The molecule has 122 valence electrons. The zero-order chi connectivity index (χ0) is 16.0. The molecule has 23 heavy (non-hydrogen) atoms. The molecule has 1 aromatic rings. The molecule has 1 aromatic carbocycles. The number of rotatable bonds is 3. The highest BCUT2D eigenvalue weighted by Gasteiger charge is 2.47. The van der Waals surface area contributed by atoms with E-state index in [2.05, 4.69) is 5.32 Å². The van der Waals surface area contributed by atoms with Crippen LogP contribution in [0.3, 0.4) is 0 Å². The predicted molar refractivity (Wildman–Crippen MR) is 81.9 cm³/mol. The van der Waals surface area contributed by atoms with E-state index in [9.17, 15) is 14.0 Å². The standard InChI is InChI=1S/C17H20FN3O2/c18-13-3-1-2-11(6-13)7-20-8-12-9-21(10-15(12)16(20)22)17(23)19-14-4-5-14/h1-3,6,12,14-15H,4-5,7-10H2,(H,19,23)/t12-,15+/m1/s1. The smallest absolute Gasteiger partial charge is 0.317 e. The Labute approximate surface area is 134 Å². The van der Waals surface area contributed by atoms with E-state index in [1.54, 1.807) is 15.9 Å². The van der Waals surface area contributed by atoms with Crippen LogP contribution in [0, 0.1) is 17.7 Å². The molecule has 6 heteroatoms. The fourth-order valence-corrected chi connectivity index (χ4v) is 3.60. The van der Waals surface area contributed by atoms with Gasteiger partial charge in [-0.25, -0.2) is 9.18 Å². The highest BCUT2D eigenvalue weighted by Crippen LogP contribution is 2.33. The maximum atomic E-state index is 13.3. The number of nitrogens with zero attached hydrogens (tertiary/aromatic N) is 2. The van der Waals surface area contributed by atoms with Crippen LogP contribution in [-0.4, -0.2) is 47.4 Å². The molecule has 2 atom stereocenters. The lowest BCUT2D eigenvalue weighted by molar-refractivity contribution is -0.131. The van der Waals surface area contributed by atoms with E-state index < -0.39 is 0 Å². The van der Waals surface area contributed by atoms with Gasteiger partial charge in [-0.05, 0) is 30.5 Å². The fourth-order valence-electron chi connectivity index (χ4n) is 3.60. The number of likely N-dealkylation sites (tertiary alicyclic amines) is 2. The van der Waals surface area contributed by atoms with Crippen LogP contribution >= 0.6 is 0 Å². The largest absolute Gasteiger partial charge is 0.338 e. The fraction of sp³-hybridized carbons (Fsp3) is 0.529. The van der Waals surface area contributed by atoms with Crippen LogP contribution in [0.15, 0.2) is 24.3 Å². The molecule has 0 bridgehead atoms. The molecule has 0 spiro atoms. The van der Waals surface area contributed by atoms with Gasteiger partial charge < -0.3 is 15.1 Å². The van der Waals surface area contributed by atoms with Gasteiger partial charge in [0, 0.05) is 38.1 Å². The van der Waals surface area contributed by atoms with Crippen LogP contribution in [0.4, 0.5) is 9.18 Å². The van der Waals surface area contributed by atoms with Crippen LogP contribution < -0.4 is 5.32 Å². The van der Waals surface area contributed by atoms with Crippen LogP contribution in [0.1, 0.15) is 18.4 Å². The third-order valence-corrected chi connectivity index (χ3v) is 4.98. The third-order valence-electron chi connectivity index (χ3n) is 4.98.